The Labute approximate surface area is 167 Å². The highest BCUT2D eigenvalue weighted by atomic mass is 35.5. The summed E-state index contributed by atoms with van der Waals surface area (Å²) < 4.78 is 16.2. The quantitative estimate of drug-likeness (QED) is 0.394. The highest BCUT2D eigenvalue weighted by Gasteiger charge is 2.21. The van der Waals surface area contributed by atoms with E-state index in [-0.39, 0.29) is 0 Å². The largest absolute Gasteiger partial charge is 0.497 e. The second-order valence-electron chi connectivity index (χ2n) is 6.58. The highest BCUT2D eigenvalue weighted by Crippen LogP contribution is 2.22. The number of nitrogens with zero attached hydrogens (tertiary/aromatic N) is 2. The molecule has 0 spiro atoms. The maximum absolute atomic E-state index is 6.31. The molecule has 0 saturated carbocycles. The summed E-state index contributed by atoms with van der Waals surface area (Å²) in [5.74, 6) is 1.72. The Morgan fingerprint density at radius 1 is 1.26 bits per heavy atom. The van der Waals surface area contributed by atoms with Crippen molar-refractivity contribution in [1.82, 2.24) is 10.2 Å². The van der Waals surface area contributed by atoms with Gasteiger partial charge in [-0.3, -0.25) is 4.99 Å². The molecule has 1 aromatic rings. The lowest BCUT2D eigenvalue weighted by Crippen LogP contribution is -2.47. The van der Waals surface area contributed by atoms with Gasteiger partial charge in [0.15, 0.2) is 5.96 Å². The van der Waals surface area contributed by atoms with Crippen LogP contribution in [-0.4, -0.2) is 71.1 Å². The smallest absolute Gasteiger partial charge is 0.193 e. The van der Waals surface area contributed by atoms with Gasteiger partial charge in [-0.2, -0.15) is 0 Å². The standard InChI is InChI=1S/C20H32ClN3O3/c1-22-20(23-10-7-16-5-6-18(26-3)15-19(16)21)24-11-8-17(9-12-24)27-14-4-13-25-2/h5-6,15,17H,4,7-14H2,1-3H3,(H,22,23). The molecule has 0 aliphatic carbocycles. The van der Waals surface area contributed by atoms with Gasteiger partial charge < -0.3 is 24.4 Å². The molecule has 1 aliphatic heterocycles. The van der Waals surface area contributed by atoms with Gasteiger partial charge in [0.1, 0.15) is 5.75 Å². The molecule has 1 N–H and O–H groups in total. The number of piperidine rings is 1. The Hall–Kier alpha value is -1.50. The molecule has 0 aromatic heterocycles. The van der Waals surface area contributed by atoms with Crippen LogP contribution in [0.3, 0.4) is 0 Å². The molecule has 6 nitrogen and oxygen atoms in total. The molecule has 0 amide bonds. The van der Waals surface area contributed by atoms with E-state index in [0.717, 1.165) is 80.8 Å². The maximum atomic E-state index is 6.31. The number of ether oxygens (including phenoxy) is 3. The summed E-state index contributed by atoms with van der Waals surface area (Å²) in [6.45, 7) is 4.23. The molecule has 1 heterocycles. The van der Waals surface area contributed by atoms with Crippen LogP contribution in [0.25, 0.3) is 0 Å². The lowest BCUT2D eigenvalue weighted by Gasteiger charge is -2.34. The predicted molar refractivity (Wildman–Crippen MR) is 110 cm³/mol. The van der Waals surface area contributed by atoms with E-state index in [0.29, 0.717) is 6.10 Å². The molecule has 1 aromatic carbocycles. The number of rotatable bonds is 9. The van der Waals surface area contributed by atoms with Gasteiger partial charge in [-0.1, -0.05) is 17.7 Å². The van der Waals surface area contributed by atoms with Crippen molar-refractivity contribution in [2.45, 2.75) is 31.8 Å². The summed E-state index contributed by atoms with van der Waals surface area (Å²) in [6.07, 6.45) is 4.18. The number of methoxy groups -OCH3 is 2. The van der Waals surface area contributed by atoms with Gasteiger partial charge in [0.25, 0.3) is 0 Å². The molecule has 27 heavy (non-hydrogen) atoms. The number of hydrogen-bond acceptors (Lipinski definition) is 4. The van der Waals surface area contributed by atoms with E-state index in [1.54, 1.807) is 14.2 Å². The Kier molecular flexibility index (Phi) is 9.73. The minimum Gasteiger partial charge on any atom is -0.497 e. The molecule has 0 atom stereocenters. The second-order valence-corrected chi connectivity index (χ2v) is 6.99. The number of halogens is 1. The van der Waals surface area contributed by atoms with Crippen LogP contribution in [0.15, 0.2) is 23.2 Å². The molecule has 2 rings (SSSR count). The summed E-state index contributed by atoms with van der Waals surface area (Å²) in [7, 11) is 5.19. The van der Waals surface area contributed by atoms with Crippen molar-refractivity contribution < 1.29 is 14.2 Å². The lowest BCUT2D eigenvalue weighted by molar-refractivity contribution is 0.00992. The predicted octanol–water partition coefficient (Wildman–Crippen LogP) is 2.98. The summed E-state index contributed by atoms with van der Waals surface area (Å²) in [4.78, 5) is 6.72. The van der Waals surface area contributed by atoms with E-state index in [4.69, 9.17) is 25.8 Å². The molecule has 0 unspecified atom stereocenters. The van der Waals surface area contributed by atoms with Crippen LogP contribution in [0.2, 0.25) is 5.02 Å². The SMILES string of the molecule is CN=C(NCCc1ccc(OC)cc1Cl)N1CCC(OCCCOC)CC1. The van der Waals surface area contributed by atoms with Crippen LogP contribution in [0.5, 0.6) is 5.75 Å². The fourth-order valence-corrected chi connectivity index (χ4v) is 3.45. The van der Waals surface area contributed by atoms with Crippen LogP contribution >= 0.6 is 11.6 Å². The van der Waals surface area contributed by atoms with E-state index >= 15 is 0 Å². The molecule has 1 aliphatic rings. The van der Waals surface area contributed by atoms with Crippen LogP contribution in [0.1, 0.15) is 24.8 Å². The second kappa shape index (κ2) is 12.1. The molecule has 152 valence electrons. The normalized spacial score (nSPS) is 15.9. The first-order chi connectivity index (χ1) is 13.2. The Balaban J connectivity index is 1.72. The minimum absolute atomic E-state index is 0.342. The first-order valence-corrected chi connectivity index (χ1v) is 9.94. The lowest BCUT2D eigenvalue weighted by atomic mass is 10.1. The number of nitrogens with one attached hydrogen (secondary N) is 1. The Morgan fingerprint density at radius 2 is 2.04 bits per heavy atom. The average Bonchev–Trinajstić information content (AvgIpc) is 2.70. The first kappa shape index (κ1) is 21.8. The zero-order valence-corrected chi connectivity index (χ0v) is 17.4. The molecule has 0 bridgehead atoms. The van der Waals surface area contributed by atoms with Crippen molar-refractivity contribution in [2.75, 3.05) is 54.1 Å². The van der Waals surface area contributed by atoms with E-state index in [2.05, 4.69) is 15.2 Å². The van der Waals surface area contributed by atoms with E-state index in [1.807, 2.05) is 25.2 Å². The van der Waals surface area contributed by atoms with Crippen LogP contribution < -0.4 is 10.1 Å². The van der Waals surface area contributed by atoms with Crippen molar-refractivity contribution in [3.8, 4) is 5.75 Å². The zero-order chi connectivity index (χ0) is 19.5. The number of guanidine groups is 1. The third kappa shape index (κ3) is 7.20. The summed E-state index contributed by atoms with van der Waals surface area (Å²) in [5.41, 5.74) is 1.10. The molecule has 1 fully saturated rings. The highest BCUT2D eigenvalue weighted by molar-refractivity contribution is 6.31. The van der Waals surface area contributed by atoms with Gasteiger partial charge in [0.2, 0.25) is 0 Å². The van der Waals surface area contributed by atoms with Gasteiger partial charge in [-0.25, -0.2) is 0 Å². The third-order valence-electron chi connectivity index (χ3n) is 4.74. The van der Waals surface area contributed by atoms with Gasteiger partial charge in [-0.15, -0.1) is 0 Å². The fourth-order valence-electron chi connectivity index (χ4n) is 3.19. The van der Waals surface area contributed by atoms with Crippen molar-refractivity contribution in [3.05, 3.63) is 28.8 Å². The molecule has 1 saturated heterocycles. The van der Waals surface area contributed by atoms with E-state index in [9.17, 15) is 0 Å². The van der Waals surface area contributed by atoms with Gasteiger partial charge in [0.05, 0.1) is 13.2 Å². The number of benzene rings is 1. The van der Waals surface area contributed by atoms with Gasteiger partial charge in [-0.05, 0) is 43.4 Å². The van der Waals surface area contributed by atoms with Crippen molar-refractivity contribution >= 4 is 17.6 Å². The summed E-state index contributed by atoms with van der Waals surface area (Å²) in [6, 6.07) is 5.80. The van der Waals surface area contributed by atoms with E-state index < -0.39 is 0 Å². The molecule has 0 radical (unpaired) electrons. The van der Waals surface area contributed by atoms with Gasteiger partial charge >= 0.3 is 0 Å². The Morgan fingerprint density at radius 3 is 2.67 bits per heavy atom. The monoisotopic (exact) mass is 397 g/mol. The molecule has 7 heteroatoms. The third-order valence-corrected chi connectivity index (χ3v) is 5.09. The van der Waals surface area contributed by atoms with E-state index in [1.165, 1.54) is 0 Å². The molecular weight excluding hydrogens is 366 g/mol. The van der Waals surface area contributed by atoms with Crippen LogP contribution in [-0.2, 0) is 15.9 Å². The summed E-state index contributed by atoms with van der Waals surface area (Å²) >= 11 is 6.31. The summed E-state index contributed by atoms with van der Waals surface area (Å²) in [5, 5.41) is 4.18. The van der Waals surface area contributed by atoms with Crippen LogP contribution in [0, 0.1) is 0 Å². The van der Waals surface area contributed by atoms with Gasteiger partial charge in [0, 0.05) is 52.0 Å². The first-order valence-electron chi connectivity index (χ1n) is 9.56. The van der Waals surface area contributed by atoms with Crippen molar-refractivity contribution in [3.63, 3.8) is 0 Å². The van der Waals surface area contributed by atoms with Crippen LogP contribution in [0.4, 0.5) is 0 Å². The fraction of sp³-hybridized carbons (Fsp3) is 0.650. The maximum Gasteiger partial charge on any atom is 0.193 e. The Bertz CT molecular complexity index is 590. The number of likely N-dealkylation sites (tertiary alicyclic amines) is 1. The average molecular weight is 398 g/mol. The topological polar surface area (TPSA) is 55.3 Å². The molecular formula is C20H32ClN3O3. The number of hydrogen-bond donors (Lipinski definition) is 1. The minimum atomic E-state index is 0.342. The van der Waals surface area contributed by atoms with Crippen molar-refractivity contribution in [1.29, 1.82) is 0 Å². The van der Waals surface area contributed by atoms with Crippen molar-refractivity contribution in [2.24, 2.45) is 4.99 Å². The zero-order valence-electron chi connectivity index (χ0n) is 16.7. The number of aliphatic imine (C=N–C) groups is 1.